The van der Waals surface area contributed by atoms with E-state index in [1.807, 2.05) is 6.92 Å². The lowest BCUT2D eigenvalue weighted by molar-refractivity contribution is -0.135. The molecule has 3 atom stereocenters. The van der Waals surface area contributed by atoms with Gasteiger partial charge in [-0.2, -0.15) is 0 Å². The first-order valence-corrected chi connectivity index (χ1v) is 7.96. The fourth-order valence-corrected chi connectivity index (χ4v) is 2.88. The van der Waals surface area contributed by atoms with Crippen LogP contribution in [0.5, 0.6) is 0 Å². The van der Waals surface area contributed by atoms with Gasteiger partial charge in [0, 0.05) is 6.04 Å². The molecule has 0 spiro atoms. The molecule has 0 radical (unpaired) electrons. The van der Waals surface area contributed by atoms with Crippen molar-refractivity contribution in [2.24, 2.45) is 5.92 Å². The minimum Gasteiger partial charge on any atom is -0.323 e. The molecule has 19 heavy (non-hydrogen) atoms. The number of rotatable bonds is 7. The Bertz CT molecular complexity index is 303. The molecule has 0 bridgehead atoms. The molecule has 0 aromatic rings. The van der Waals surface area contributed by atoms with Crippen LogP contribution < -0.4 is 5.32 Å². The largest absolute Gasteiger partial charge is 0.323 e. The molecule has 0 aromatic heterocycles. The normalized spacial score (nSPS) is 29.3. The molecule has 1 rings (SSSR count). The second-order valence-electron chi connectivity index (χ2n) is 6.67. The highest BCUT2D eigenvalue weighted by Crippen LogP contribution is 2.29. The van der Waals surface area contributed by atoms with Gasteiger partial charge in [0.15, 0.2) is 0 Å². The fraction of sp³-hybridized carbons (Fsp3) is 0.938. The first kappa shape index (κ1) is 16.5. The Balaban J connectivity index is 2.78. The van der Waals surface area contributed by atoms with Crippen molar-refractivity contribution in [3.8, 4) is 0 Å². The molecule has 1 heterocycles. The number of carbonyl (C=O) groups excluding carboxylic acids is 1. The summed E-state index contributed by atoms with van der Waals surface area (Å²) < 4.78 is 0. The summed E-state index contributed by atoms with van der Waals surface area (Å²) in [5.74, 6) is 1.00. The minimum absolute atomic E-state index is 0.226. The third-order valence-corrected chi connectivity index (χ3v) is 4.43. The second kappa shape index (κ2) is 6.74. The first-order chi connectivity index (χ1) is 8.85. The summed E-state index contributed by atoms with van der Waals surface area (Å²) in [6.45, 7) is 13.0. The number of hydrogen-bond acceptors (Lipinski definition) is 2. The Morgan fingerprint density at radius 2 is 1.89 bits per heavy atom. The Kier molecular flexibility index (Phi) is 5.84. The maximum atomic E-state index is 12.7. The van der Waals surface area contributed by atoms with E-state index >= 15 is 0 Å². The summed E-state index contributed by atoms with van der Waals surface area (Å²) in [6.07, 6.45) is 5.53. The first-order valence-electron chi connectivity index (χ1n) is 7.96. The average molecular weight is 268 g/mol. The van der Waals surface area contributed by atoms with Crippen molar-refractivity contribution in [2.75, 3.05) is 0 Å². The van der Waals surface area contributed by atoms with Crippen LogP contribution in [0, 0.1) is 5.92 Å². The van der Waals surface area contributed by atoms with E-state index < -0.39 is 0 Å². The quantitative estimate of drug-likeness (QED) is 0.766. The number of nitrogens with zero attached hydrogens (tertiary/aromatic N) is 1. The zero-order valence-corrected chi connectivity index (χ0v) is 13.6. The van der Waals surface area contributed by atoms with E-state index in [1.54, 1.807) is 0 Å². The van der Waals surface area contributed by atoms with E-state index in [9.17, 15) is 4.79 Å². The molecule has 1 aliphatic rings. The van der Waals surface area contributed by atoms with Gasteiger partial charge in [-0.15, -0.1) is 0 Å². The molecule has 1 amide bonds. The summed E-state index contributed by atoms with van der Waals surface area (Å²) in [5, 5.41) is 3.56. The molecule has 0 aliphatic carbocycles. The highest BCUT2D eigenvalue weighted by atomic mass is 16.2. The third-order valence-electron chi connectivity index (χ3n) is 4.43. The van der Waals surface area contributed by atoms with E-state index in [2.05, 4.69) is 44.8 Å². The fourth-order valence-electron chi connectivity index (χ4n) is 2.88. The lowest BCUT2D eigenvalue weighted by Crippen LogP contribution is -2.44. The van der Waals surface area contributed by atoms with Gasteiger partial charge in [0.25, 0.3) is 0 Å². The van der Waals surface area contributed by atoms with Crippen molar-refractivity contribution in [3.05, 3.63) is 0 Å². The van der Waals surface area contributed by atoms with Crippen LogP contribution in [0.4, 0.5) is 0 Å². The van der Waals surface area contributed by atoms with Gasteiger partial charge in [0.1, 0.15) is 0 Å². The highest BCUT2D eigenvalue weighted by molar-refractivity contribution is 5.88. The van der Waals surface area contributed by atoms with E-state index in [4.69, 9.17) is 0 Å². The van der Waals surface area contributed by atoms with Gasteiger partial charge in [-0.05, 0) is 45.4 Å². The van der Waals surface area contributed by atoms with Gasteiger partial charge in [-0.3, -0.25) is 10.1 Å². The van der Waals surface area contributed by atoms with E-state index in [0.717, 1.165) is 25.7 Å². The number of hydrogen-bond donors (Lipinski definition) is 1. The topological polar surface area (TPSA) is 32.3 Å². The average Bonchev–Trinajstić information content (AvgIpc) is 2.60. The Morgan fingerprint density at radius 3 is 2.37 bits per heavy atom. The number of amides is 1. The monoisotopic (exact) mass is 268 g/mol. The van der Waals surface area contributed by atoms with Gasteiger partial charge < -0.3 is 4.90 Å². The summed E-state index contributed by atoms with van der Waals surface area (Å²) in [5.41, 5.74) is -0.355. The molecule has 3 nitrogen and oxygen atoms in total. The summed E-state index contributed by atoms with van der Waals surface area (Å²) >= 11 is 0. The molecule has 3 heteroatoms. The maximum absolute atomic E-state index is 12.7. The smallest absolute Gasteiger partial charge is 0.244 e. The molecule has 1 N–H and O–H groups in total. The van der Waals surface area contributed by atoms with Crippen LogP contribution >= 0.6 is 0 Å². The highest BCUT2D eigenvalue weighted by Gasteiger charge is 2.47. The van der Waals surface area contributed by atoms with Gasteiger partial charge in [0.2, 0.25) is 5.91 Å². The lowest BCUT2D eigenvalue weighted by Gasteiger charge is -2.31. The van der Waals surface area contributed by atoms with Gasteiger partial charge in [-0.25, -0.2) is 0 Å². The summed E-state index contributed by atoms with van der Waals surface area (Å²) in [6, 6.07) is 0.340. The van der Waals surface area contributed by atoms with Crippen LogP contribution in [-0.2, 0) is 4.79 Å². The van der Waals surface area contributed by atoms with Crippen LogP contribution in [0.25, 0.3) is 0 Å². The van der Waals surface area contributed by atoms with Crippen molar-refractivity contribution < 1.29 is 4.79 Å². The van der Waals surface area contributed by atoms with E-state index in [1.165, 1.54) is 6.42 Å². The van der Waals surface area contributed by atoms with Crippen LogP contribution in [0.1, 0.15) is 73.6 Å². The Morgan fingerprint density at radius 1 is 1.26 bits per heavy atom. The van der Waals surface area contributed by atoms with Gasteiger partial charge >= 0.3 is 0 Å². The van der Waals surface area contributed by atoms with Gasteiger partial charge in [0.05, 0.1) is 11.7 Å². The van der Waals surface area contributed by atoms with Crippen molar-refractivity contribution in [1.29, 1.82) is 0 Å². The molecule has 0 aromatic carbocycles. The van der Waals surface area contributed by atoms with Gasteiger partial charge in [-0.1, -0.05) is 34.1 Å². The maximum Gasteiger partial charge on any atom is 0.244 e. The zero-order chi connectivity index (χ0) is 14.6. The minimum atomic E-state index is -0.355. The van der Waals surface area contributed by atoms with Crippen LogP contribution in [0.2, 0.25) is 0 Å². The molecule has 1 aliphatic heterocycles. The third kappa shape index (κ3) is 3.71. The van der Waals surface area contributed by atoms with Crippen LogP contribution in [0.15, 0.2) is 0 Å². The van der Waals surface area contributed by atoms with E-state index in [-0.39, 0.29) is 11.7 Å². The zero-order valence-electron chi connectivity index (χ0n) is 13.6. The van der Waals surface area contributed by atoms with Crippen molar-refractivity contribution in [3.63, 3.8) is 0 Å². The number of nitrogens with one attached hydrogen (secondary N) is 1. The molecule has 112 valence electrons. The van der Waals surface area contributed by atoms with Crippen molar-refractivity contribution in [2.45, 2.75) is 91.4 Å². The van der Waals surface area contributed by atoms with Crippen LogP contribution in [0.3, 0.4) is 0 Å². The van der Waals surface area contributed by atoms with E-state index in [0.29, 0.717) is 17.9 Å². The second-order valence-corrected chi connectivity index (χ2v) is 6.67. The molecular weight excluding hydrogens is 236 g/mol. The van der Waals surface area contributed by atoms with Crippen molar-refractivity contribution >= 4 is 5.91 Å². The van der Waals surface area contributed by atoms with Crippen molar-refractivity contribution in [1.82, 2.24) is 10.2 Å². The predicted octanol–water partition coefficient (Wildman–Crippen LogP) is 3.54. The number of carbonyl (C=O) groups is 1. The molecular formula is C16H32N2O. The standard InChI is InChI=1S/C16H32N2O/c1-7-9-14-17-16(6,8-2)15(19)18(14)13(5)11-10-12(3)4/h12-14,17H,7-11H2,1-6H3. The Hall–Kier alpha value is -0.570. The van der Waals surface area contributed by atoms with Crippen LogP contribution in [-0.4, -0.2) is 28.6 Å². The summed E-state index contributed by atoms with van der Waals surface area (Å²) in [4.78, 5) is 14.8. The lowest BCUT2D eigenvalue weighted by atomic mass is 9.98. The Labute approximate surface area is 119 Å². The molecule has 3 unspecified atom stereocenters. The summed E-state index contributed by atoms with van der Waals surface area (Å²) in [7, 11) is 0. The molecule has 1 fully saturated rings. The molecule has 0 saturated carbocycles. The molecule has 1 saturated heterocycles. The predicted molar refractivity (Wildman–Crippen MR) is 80.9 cm³/mol. The SMILES string of the molecule is CCCC1NC(C)(CC)C(=O)N1C(C)CCC(C)C.